The number of rotatable bonds is 3. The first-order valence-corrected chi connectivity index (χ1v) is 11.8. The second-order valence-corrected chi connectivity index (χ2v) is 10.3. The Hall–Kier alpha value is -2.74. The molecule has 0 aromatic carbocycles. The van der Waals surface area contributed by atoms with Crippen LogP contribution in [-0.2, 0) is 9.59 Å². The number of carbonyl (C=O) groups excluding carboxylic acids is 2. The summed E-state index contributed by atoms with van der Waals surface area (Å²) >= 11 is 0. The van der Waals surface area contributed by atoms with Gasteiger partial charge >= 0.3 is 0 Å². The lowest BCUT2D eigenvalue weighted by Gasteiger charge is -2.27. The molecule has 2 nitrogen and oxygen atoms in total. The molecule has 0 aliphatic heterocycles. The molecule has 0 fully saturated rings. The second-order valence-electron chi connectivity index (χ2n) is 10.3. The average molecular weight is 427 g/mol. The first-order valence-electron chi connectivity index (χ1n) is 11.8. The van der Waals surface area contributed by atoms with E-state index < -0.39 is 0 Å². The van der Waals surface area contributed by atoms with Gasteiger partial charge in [-0.05, 0) is 85.1 Å². The summed E-state index contributed by atoms with van der Waals surface area (Å²) in [7, 11) is 0. The van der Waals surface area contributed by atoms with Gasteiger partial charge in [-0.2, -0.15) is 0 Å². The summed E-state index contributed by atoms with van der Waals surface area (Å²) in [4.78, 5) is 26.0. The van der Waals surface area contributed by atoms with Crippen molar-refractivity contribution in [2.45, 2.75) is 55.4 Å². The largest absolute Gasteiger partial charge is 0.289 e. The molecule has 2 atom stereocenters. The van der Waals surface area contributed by atoms with Crippen LogP contribution in [0.25, 0.3) is 0 Å². The number of allylic oxidation sites excluding steroid dienone is 16. The molecule has 0 unspecified atom stereocenters. The summed E-state index contributed by atoms with van der Waals surface area (Å²) in [5.41, 5.74) is 10.6. The summed E-state index contributed by atoms with van der Waals surface area (Å²) < 4.78 is 0. The van der Waals surface area contributed by atoms with Crippen molar-refractivity contribution in [2.75, 3.05) is 0 Å². The molecule has 0 heterocycles. The Morgan fingerprint density at radius 1 is 0.594 bits per heavy atom. The van der Waals surface area contributed by atoms with E-state index in [2.05, 4.69) is 65.8 Å². The number of ketones is 2. The van der Waals surface area contributed by atoms with E-state index in [1.54, 1.807) is 12.2 Å². The fourth-order valence-electron chi connectivity index (χ4n) is 5.43. The minimum absolute atomic E-state index is 0.0297. The molecule has 0 saturated heterocycles. The fourth-order valence-corrected chi connectivity index (χ4v) is 5.43. The third-order valence-electron chi connectivity index (χ3n) is 7.45. The van der Waals surface area contributed by atoms with Gasteiger partial charge in [0.2, 0.25) is 0 Å². The zero-order chi connectivity index (χ0) is 23.5. The van der Waals surface area contributed by atoms with Crippen LogP contribution in [0.15, 0.2) is 92.2 Å². The normalized spacial score (nSPS) is 25.8. The molecule has 4 aliphatic rings. The van der Waals surface area contributed by atoms with Crippen LogP contribution < -0.4 is 0 Å². The first kappa shape index (κ1) is 22.5. The topological polar surface area (TPSA) is 34.1 Å². The summed E-state index contributed by atoms with van der Waals surface area (Å²) in [6.07, 6.45) is 12.7. The van der Waals surface area contributed by atoms with Crippen molar-refractivity contribution in [3.63, 3.8) is 0 Å². The minimum Gasteiger partial charge on any atom is -0.289 e. The van der Waals surface area contributed by atoms with Crippen molar-refractivity contribution in [2.24, 2.45) is 23.7 Å². The van der Waals surface area contributed by atoms with Gasteiger partial charge in [0.05, 0.1) is 0 Å². The molecule has 4 aliphatic carbocycles. The van der Waals surface area contributed by atoms with Gasteiger partial charge in [0, 0.05) is 23.0 Å². The van der Waals surface area contributed by atoms with E-state index in [-0.39, 0.29) is 23.4 Å². The van der Waals surface area contributed by atoms with E-state index in [4.69, 9.17) is 0 Å². The Kier molecular flexibility index (Phi) is 5.61. The third kappa shape index (κ3) is 3.50. The highest BCUT2D eigenvalue weighted by atomic mass is 16.1. The van der Waals surface area contributed by atoms with E-state index in [1.165, 1.54) is 11.1 Å². The Morgan fingerprint density at radius 3 is 1.25 bits per heavy atom. The van der Waals surface area contributed by atoms with Gasteiger partial charge in [-0.15, -0.1) is 0 Å². The molecule has 0 amide bonds. The van der Waals surface area contributed by atoms with Crippen molar-refractivity contribution in [3.8, 4) is 0 Å². The maximum Gasteiger partial charge on any atom is 0.186 e. The van der Waals surface area contributed by atoms with Gasteiger partial charge < -0.3 is 0 Å². The molecule has 0 bridgehead atoms. The van der Waals surface area contributed by atoms with E-state index in [0.717, 1.165) is 44.6 Å². The van der Waals surface area contributed by atoms with Crippen LogP contribution in [-0.4, -0.2) is 11.6 Å². The predicted octanol–water partition coefficient (Wildman–Crippen LogP) is 6.95. The van der Waals surface area contributed by atoms with E-state index in [0.29, 0.717) is 11.8 Å². The summed E-state index contributed by atoms with van der Waals surface area (Å²) in [6.45, 7) is 17.1. The van der Waals surface area contributed by atoms with E-state index in [1.807, 2.05) is 13.8 Å². The van der Waals surface area contributed by atoms with Gasteiger partial charge in [-0.1, -0.05) is 63.1 Å². The molecular weight excluding hydrogens is 392 g/mol. The lowest BCUT2D eigenvalue weighted by molar-refractivity contribution is -0.111. The Balaban J connectivity index is 1.97. The van der Waals surface area contributed by atoms with E-state index in [9.17, 15) is 9.59 Å². The summed E-state index contributed by atoms with van der Waals surface area (Å²) in [6, 6.07) is 0. The molecular formula is C30H34O2. The van der Waals surface area contributed by atoms with E-state index >= 15 is 0 Å². The van der Waals surface area contributed by atoms with Gasteiger partial charge in [0.1, 0.15) is 0 Å². The number of carbonyl (C=O) groups is 2. The number of hydrogen-bond acceptors (Lipinski definition) is 2. The highest BCUT2D eigenvalue weighted by Gasteiger charge is 2.36. The molecule has 0 spiro atoms. The van der Waals surface area contributed by atoms with Crippen molar-refractivity contribution in [3.05, 3.63) is 92.2 Å². The predicted molar refractivity (Wildman–Crippen MR) is 132 cm³/mol. The van der Waals surface area contributed by atoms with Crippen LogP contribution in [0.2, 0.25) is 0 Å². The van der Waals surface area contributed by atoms with Crippen LogP contribution in [0.3, 0.4) is 0 Å². The molecule has 0 N–H and O–H groups in total. The number of fused-ring (bicyclic) bond motifs is 2. The highest BCUT2D eigenvalue weighted by Crippen LogP contribution is 2.46. The number of hydrogen-bond donors (Lipinski definition) is 0. The lowest BCUT2D eigenvalue weighted by atomic mass is 9.76. The minimum atomic E-state index is 0.0297. The maximum absolute atomic E-state index is 13.0. The van der Waals surface area contributed by atoms with Crippen molar-refractivity contribution < 1.29 is 9.59 Å². The van der Waals surface area contributed by atoms with Gasteiger partial charge in [-0.25, -0.2) is 0 Å². The summed E-state index contributed by atoms with van der Waals surface area (Å²) in [5, 5.41) is 0. The molecule has 0 aromatic heterocycles. The highest BCUT2D eigenvalue weighted by molar-refractivity contribution is 6.14. The van der Waals surface area contributed by atoms with Crippen molar-refractivity contribution in [1.82, 2.24) is 0 Å². The van der Waals surface area contributed by atoms with Gasteiger partial charge in [-0.3, -0.25) is 9.59 Å². The lowest BCUT2D eigenvalue weighted by Crippen LogP contribution is -2.19. The van der Waals surface area contributed by atoms with Crippen LogP contribution in [0.1, 0.15) is 55.4 Å². The Labute approximate surface area is 192 Å². The van der Waals surface area contributed by atoms with Crippen LogP contribution in [0.4, 0.5) is 0 Å². The van der Waals surface area contributed by atoms with Crippen LogP contribution in [0, 0.1) is 23.7 Å². The van der Waals surface area contributed by atoms with Crippen molar-refractivity contribution in [1.29, 1.82) is 0 Å². The molecule has 0 aromatic rings. The SMILES string of the molecule is CC1=CC(=O)C2=C(C)[C@H]([C@@H]3C=C(C(C)C)C=C4C(C)=CC(=O)C4=C3C)C=C(C(C)C)C=C12. The molecule has 166 valence electrons. The van der Waals surface area contributed by atoms with Gasteiger partial charge in [0.25, 0.3) is 0 Å². The zero-order valence-electron chi connectivity index (χ0n) is 20.6. The maximum atomic E-state index is 13.0. The Bertz CT molecular complexity index is 1090. The Morgan fingerprint density at radius 2 is 0.938 bits per heavy atom. The molecule has 2 heteroatoms. The summed E-state index contributed by atoms with van der Waals surface area (Å²) in [5.74, 6) is 0.964. The zero-order valence-corrected chi connectivity index (χ0v) is 20.6. The monoisotopic (exact) mass is 426 g/mol. The van der Waals surface area contributed by atoms with Gasteiger partial charge in [0.15, 0.2) is 11.6 Å². The molecule has 0 saturated carbocycles. The van der Waals surface area contributed by atoms with Crippen molar-refractivity contribution >= 4 is 11.6 Å². The second kappa shape index (κ2) is 7.99. The standard InChI is InChI=1S/C30H34O2/c1-15(2)21-11-23-17(5)9-27(31)29(23)19(7)25(13-21)26-14-22(16(3)4)12-24-18(6)10-28(32)30(24)20(26)8/h9-16,25-26H,1-8H3/t25-,26-/m1/s1. The third-order valence-corrected chi connectivity index (χ3v) is 7.45. The quantitative estimate of drug-likeness (QED) is 0.489. The molecule has 0 radical (unpaired) electrons. The smallest absolute Gasteiger partial charge is 0.186 e. The van der Waals surface area contributed by atoms with Crippen LogP contribution >= 0.6 is 0 Å². The average Bonchev–Trinajstić information content (AvgIpc) is 2.99. The molecule has 4 rings (SSSR count). The molecule has 32 heavy (non-hydrogen) atoms. The van der Waals surface area contributed by atoms with Crippen LogP contribution in [0.5, 0.6) is 0 Å². The first-order chi connectivity index (χ1) is 15.0. The fraction of sp³-hybridized carbons (Fsp3) is 0.400.